The molecule has 4 aliphatic heterocycles. The maximum absolute atomic E-state index is 13.5. The Labute approximate surface area is 204 Å². The van der Waals surface area contributed by atoms with Crippen molar-refractivity contribution in [1.82, 2.24) is 15.3 Å². The third-order valence-corrected chi connectivity index (χ3v) is 9.56. The molecule has 0 spiro atoms. The lowest BCUT2D eigenvalue weighted by Crippen LogP contribution is -2.95. The van der Waals surface area contributed by atoms with E-state index < -0.39 is 6.17 Å². The zero-order valence-corrected chi connectivity index (χ0v) is 21.0. The van der Waals surface area contributed by atoms with Crippen molar-refractivity contribution >= 4 is 5.91 Å². The van der Waals surface area contributed by atoms with Gasteiger partial charge in [0.05, 0.1) is 25.7 Å². The van der Waals surface area contributed by atoms with E-state index in [9.17, 15) is 9.18 Å². The number of carbonyl (C=O) groups is 1. The smallest absolute Gasteiger partial charge is 0.222 e. The third-order valence-electron chi connectivity index (χ3n) is 9.56. The first-order chi connectivity index (χ1) is 16.7. The van der Waals surface area contributed by atoms with E-state index in [1.165, 1.54) is 25.8 Å². The number of hydrogen-bond donors (Lipinski definition) is 3. The van der Waals surface area contributed by atoms with Gasteiger partial charge < -0.3 is 15.5 Å². The standard InChI is InChI=1S/C26H46FN5O2/c27-22-6-4-19(5-7-22)24-17-23(30-34-24)15-21-18-28-10-8-20(21)16-26(33)32-13-11-31(12-14-32)25-3-1-2-9-29-25/h19-25,28-30H,1-18H2/p+2. The van der Waals surface area contributed by atoms with Gasteiger partial charge in [-0.15, -0.1) is 0 Å². The number of hydrogen-bond acceptors (Lipinski definition) is 4. The number of alkyl halides is 1. The Balaban J connectivity index is 1.07. The predicted molar refractivity (Wildman–Crippen MR) is 128 cm³/mol. The highest BCUT2D eigenvalue weighted by Crippen LogP contribution is 2.35. The van der Waals surface area contributed by atoms with Crippen molar-refractivity contribution < 1.29 is 24.7 Å². The lowest BCUT2D eigenvalue weighted by Gasteiger charge is -2.40. The molecule has 1 amide bonds. The van der Waals surface area contributed by atoms with E-state index in [0.717, 1.165) is 71.4 Å². The van der Waals surface area contributed by atoms with Gasteiger partial charge in [-0.2, -0.15) is 5.48 Å². The maximum atomic E-state index is 13.5. The van der Waals surface area contributed by atoms with Gasteiger partial charge in [-0.1, -0.05) is 0 Å². The van der Waals surface area contributed by atoms with Gasteiger partial charge in [0, 0.05) is 57.4 Å². The molecular formula is C26H48FN5O2+2. The molecule has 1 aliphatic carbocycles. The Morgan fingerprint density at radius 3 is 2.56 bits per heavy atom. The van der Waals surface area contributed by atoms with Crippen LogP contribution >= 0.6 is 0 Å². The fourth-order valence-corrected chi connectivity index (χ4v) is 7.37. The first-order valence-electron chi connectivity index (χ1n) is 14.4. The van der Waals surface area contributed by atoms with E-state index in [2.05, 4.69) is 25.9 Å². The van der Waals surface area contributed by atoms with Gasteiger partial charge in [-0.05, 0) is 63.2 Å². The minimum Gasteiger partial charge on any atom is -0.346 e. The van der Waals surface area contributed by atoms with E-state index in [1.807, 2.05) is 0 Å². The van der Waals surface area contributed by atoms with E-state index in [1.54, 1.807) is 0 Å². The molecule has 34 heavy (non-hydrogen) atoms. The minimum atomic E-state index is -0.606. The zero-order chi connectivity index (χ0) is 23.3. The van der Waals surface area contributed by atoms with Crippen molar-refractivity contribution in [2.45, 2.75) is 95.1 Å². The highest BCUT2D eigenvalue weighted by molar-refractivity contribution is 5.76. The molecule has 5 atom stereocenters. The molecule has 5 aliphatic rings. The van der Waals surface area contributed by atoms with Crippen LogP contribution in [0, 0.1) is 17.8 Å². The van der Waals surface area contributed by atoms with Crippen LogP contribution in [-0.2, 0) is 9.63 Å². The Morgan fingerprint density at radius 1 is 0.971 bits per heavy atom. The first-order valence-corrected chi connectivity index (χ1v) is 14.4. The summed E-state index contributed by atoms with van der Waals surface area (Å²) in [7, 11) is 0. The van der Waals surface area contributed by atoms with E-state index in [0.29, 0.717) is 55.1 Å². The fourth-order valence-electron chi connectivity index (χ4n) is 7.37. The average molecular weight is 482 g/mol. The van der Waals surface area contributed by atoms with Crippen LogP contribution in [0.25, 0.3) is 0 Å². The Bertz CT molecular complexity index is 647. The number of hydroxylamine groups is 1. The number of quaternary nitrogens is 2. The van der Waals surface area contributed by atoms with Crippen LogP contribution in [0.4, 0.5) is 4.39 Å². The van der Waals surface area contributed by atoms with E-state index in [-0.39, 0.29) is 6.10 Å². The van der Waals surface area contributed by atoms with Crippen molar-refractivity contribution in [1.29, 1.82) is 0 Å². The number of amides is 1. The van der Waals surface area contributed by atoms with Gasteiger partial charge >= 0.3 is 0 Å². The van der Waals surface area contributed by atoms with Gasteiger partial charge in [-0.3, -0.25) is 14.5 Å². The molecule has 0 aromatic heterocycles. The summed E-state index contributed by atoms with van der Waals surface area (Å²) in [6.07, 6.45) is 11.6. The molecule has 1 saturated carbocycles. The number of nitrogens with one attached hydrogen (secondary N) is 1. The second kappa shape index (κ2) is 12.0. The molecule has 5 fully saturated rings. The van der Waals surface area contributed by atoms with Crippen molar-refractivity contribution in [3.05, 3.63) is 0 Å². The third kappa shape index (κ3) is 6.30. The molecule has 0 radical (unpaired) electrons. The number of piperazine rings is 1. The average Bonchev–Trinajstić information content (AvgIpc) is 3.35. The van der Waals surface area contributed by atoms with Crippen molar-refractivity contribution in [2.75, 3.05) is 45.8 Å². The molecule has 4 saturated heterocycles. The Morgan fingerprint density at radius 2 is 1.79 bits per heavy atom. The Kier molecular flexibility index (Phi) is 8.75. The number of carbonyl (C=O) groups excluding carboxylic acids is 1. The molecule has 8 heteroatoms. The molecular weight excluding hydrogens is 433 g/mol. The highest BCUT2D eigenvalue weighted by atomic mass is 19.1. The van der Waals surface area contributed by atoms with Crippen LogP contribution in [0.3, 0.4) is 0 Å². The predicted octanol–water partition coefficient (Wildman–Crippen LogP) is 0.374. The quantitative estimate of drug-likeness (QED) is 0.513. The van der Waals surface area contributed by atoms with E-state index in [4.69, 9.17) is 4.84 Å². The largest absolute Gasteiger partial charge is 0.346 e. The highest BCUT2D eigenvalue weighted by Gasteiger charge is 2.39. The van der Waals surface area contributed by atoms with Crippen LogP contribution in [0.2, 0.25) is 0 Å². The first kappa shape index (κ1) is 24.9. The minimum absolute atomic E-state index is 0.239. The van der Waals surface area contributed by atoms with Crippen molar-refractivity contribution in [3.8, 4) is 0 Å². The maximum Gasteiger partial charge on any atom is 0.222 e. The van der Waals surface area contributed by atoms with E-state index >= 15 is 0 Å². The summed E-state index contributed by atoms with van der Waals surface area (Å²) in [4.78, 5) is 24.0. The van der Waals surface area contributed by atoms with Crippen LogP contribution < -0.4 is 16.1 Å². The van der Waals surface area contributed by atoms with Crippen LogP contribution in [-0.4, -0.2) is 86.0 Å². The van der Waals surface area contributed by atoms with Gasteiger partial charge in [0.25, 0.3) is 0 Å². The zero-order valence-electron chi connectivity index (χ0n) is 21.0. The summed E-state index contributed by atoms with van der Waals surface area (Å²) in [6.45, 7) is 7.38. The number of rotatable bonds is 6. The Hall–Kier alpha value is -0.800. The summed E-state index contributed by atoms with van der Waals surface area (Å²) in [5.41, 5.74) is 3.32. The van der Waals surface area contributed by atoms with Crippen LogP contribution in [0.15, 0.2) is 0 Å². The summed E-state index contributed by atoms with van der Waals surface area (Å²) >= 11 is 0. The fraction of sp³-hybridized carbons (Fsp3) is 0.962. The molecule has 7 nitrogen and oxygen atoms in total. The number of nitrogens with zero attached hydrogens (tertiary/aromatic N) is 2. The van der Waals surface area contributed by atoms with Crippen LogP contribution in [0.5, 0.6) is 0 Å². The van der Waals surface area contributed by atoms with Crippen molar-refractivity contribution in [2.24, 2.45) is 17.8 Å². The monoisotopic (exact) mass is 481 g/mol. The topological polar surface area (TPSA) is 78.0 Å². The van der Waals surface area contributed by atoms with Crippen LogP contribution in [0.1, 0.15) is 70.6 Å². The summed E-state index contributed by atoms with van der Waals surface area (Å²) in [5.74, 6) is 1.94. The molecule has 5 N–H and O–H groups in total. The molecule has 5 rings (SSSR count). The summed E-state index contributed by atoms with van der Waals surface area (Å²) in [5, 5.41) is 4.93. The summed E-state index contributed by atoms with van der Waals surface area (Å²) < 4.78 is 13.5. The number of nitrogens with two attached hydrogens (primary N) is 2. The molecule has 0 aromatic carbocycles. The second-order valence-electron chi connectivity index (χ2n) is 11.8. The van der Waals surface area contributed by atoms with Gasteiger partial charge in [0.1, 0.15) is 12.3 Å². The van der Waals surface area contributed by atoms with Gasteiger partial charge in [0.2, 0.25) is 5.91 Å². The number of piperidine rings is 2. The SMILES string of the molecule is O=C(CC1CC[NH2+]CC1CC1CC(C2CCC(F)CC2)ON1)N1CCN(C2CCCC[NH2+]2)CC1. The lowest BCUT2D eigenvalue weighted by molar-refractivity contribution is -0.717. The molecule has 0 aromatic rings. The summed E-state index contributed by atoms with van der Waals surface area (Å²) in [6, 6.07) is 0.373. The molecule has 4 heterocycles. The van der Waals surface area contributed by atoms with Crippen molar-refractivity contribution in [3.63, 3.8) is 0 Å². The molecule has 194 valence electrons. The van der Waals surface area contributed by atoms with Gasteiger partial charge in [0.15, 0.2) is 0 Å². The van der Waals surface area contributed by atoms with Gasteiger partial charge in [-0.25, -0.2) is 4.39 Å². The molecule has 5 unspecified atom stereocenters. The molecule has 0 bridgehead atoms. The lowest BCUT2D eigenvalue weighted by atomic mass is 9.78. The normalized spacial score (nSPS) is 40.4. The number of halogens is 1. The second-order valence-corrected chi connectivity index (χ2v) is 11.8.